The molecule has 0 bridgehead atoms. The van der Waals surface area contributed by atoms with Gasteiger partial charge in [0.2, 0.25) is 0 Å². The highest BCUT2D eigenvalue weighted by molar-refractivity contribution is 5.18. The van der Waals surface area contributed by atoms with Crippen LogP contribution >= 0.6 is 0 Å². The quantitative estimate of drug-likeness (QED) is 0.722. The van der Waals surface area contributed by atoms with E-state index in [4.69, 9.17) is 0 Å². The van der Waals surface area contributed by atoms with Crippen molar-refractivity contribution >= 4 is 0 Å². The molecule has 0 aliphatic rings. The van der Waals surface area contributed by atoms with Crippen LogP contribution in [0.25, 0.3) is 0 Å². The SMILES string of the molecule is CC.CCc1cn(C(F)(F)F)nc1C(F)F. The summed E-state index contributed by atoms with van der Waals surface area (Å²) in [5.41, 5.74) is -0.887. The molecule has 2 nitrogen and oxygen atoms in total. The third-order valence-corrected chi connectivity index (χ3v) is 1.67. The van der Waals surface area contributed by atoms with Crippen molar-refractivity contribution in [2.75, 3.05) is 0 Å². The Balaban J connectivity index is 0.00000106. The van der Waals surface area contributed by atoms with E-state index in [9.17, 15) is 22.0 Å². The summed E-state index contributed by atoms with van der Waals surface area (Å²) in [5, 5.41) is 2.79. The van der Waals surface area contributed by atoms with Gasteiger partial charge in [-0.3, -0.25) is 0 Å². The molecule has 0 unspecified atom stereocenters. The van der Waals surface area contributed by atoms with Crippen LogP contribution in [0.4, 0.5) is 22.0 Å². The lowest BCUT2D eigenvalue weighted by Gasteiger charge is -2.03. The number of rotatable bonds is 2. The molecule has 16 heavy (non-hydrogen) atoms. The Morgan fingerprint density at radius 3 is 2.06 bits per heavy atom. The molecule has 0 aromatic carbocycles. The van der Waals surface area contributed by atoms with Gasteiger partial charge < -0.3 is 0 Å². The lowest BCUT2D eigenvalue weighted by Crippen LogP contribution is -2.17. The zero-order valence-corrected chi connectivity index (χ0v) is 9.15. The van der Waals surface area contributed by atoms with Gasteiger partial charge in [0.05, 0.1) is 0 Å². The van der Waals surface area contributed by atoms with Gasteiger partial charge >= 0.3 is 6.30 Å². The summed E-state index contributed by atoms with van der Waals surface area (Å²) in [7, 11) is 0. The van der Waals surface area contributed by atoms with E-state index in [0.717, 1.165) is 0 Å². The van der Waals surface area contributed by atoms with Crippen LogP contribution in [-0.2, 0) is 12.7 Å². The van der Waals surface area contributed by atoms with Crippen molar-refractivity contribution in [2.24, 2.45) is 0 Å². The van der Waals surface area contributed by atoms with Gasteiger partial charge in [-0.25, -0.2) is 8.78 Å². The fourth-order valence-corrected chi connectivity index (χ4v) is 1.01. The molecular formula is C9H13F5N2. The van der Waals surface area contributed by atoms with E-state index in [1.165, 1.54) is 6.92 Å². The summed E-state index contributed by atoms with van der Waals surface area (Å²) in [6.07, 6.45) is -7.04. The number of aryl methyl sites for hydroxylation is 1. The third-order valence-electron chi connectivity index (χ3n) is 1.67. The fourth-order valence-electron chi connectivity index (χ4n) is 1.01. The molecule has 0 N–H and O–H groups in total. The van der Waals surface area contributed by atoms with E-state index in [2.05, 4.69) is 5.10 Å². The average molecular weight is 244 g/mol. The Hall–Kier alpha value is -1.14. The molecule has 0 aliphatic carbocycles. The van der Waals surface area contributed by atoms with Crippen LogP contribution in [0.1, 0.15) is 38.5 Å². The van der Waals surface area contributed by atoms with E-state index in [0.29, 0.717) is 6.20 Å². The second kappa shape index (κ2) is 5.81. The van der Waals surface area contributed by atoms with E-state index in [-0.39, 0.29) is 12.0 Å². The van der Waals surface area contributed by atoms with Crippen LogP contribution in [0, 0.1) is 0 Å². The van der Waals surface area contributed by atoms with Gasteiger partial charge in [0.15, 0.2) is 0 Å². The second-order valence-electron chi connectivity index (χ2n) is 2.61. The lowest BCUT2D eigenvalue weighted by molar-refractivity contribution is -0.212. The van der Waals surface area contributed by atoms with Crippen molar-refractivity contribution in [2.45, 2.75) is 39.9 Å². The average Bonchev–Trinajstić information content (AvgIpc) is 2.64. The minimum Gasteiger partial charge on any atom is -0.203 e. The zero-order valence-electron chi connectivity index (χ0n) is 9.15. The van der Waals surface area contributed by atoms with Crippen molar-refractivity contribution in [3.05, 3.63) is 17.5 Å². The largest absolute Gasteiger partial charge is 0.504 e. The smallest absolute Gasteiger partial charge is 0.203 e. The van der Waals surface area contributed by atoms with E-state index >= 15 is 0 Å². The molecule has 0 spiro atoms. The molecule has 1 heterocycles. The Labute approximate surface area is 90.1 Å². The van der Waals surface area contributed by atoms with Crippen LogP contribution in [-0.4, -0.2) is 9.78 Å². The second-order valence-corrected chi connectivity index (χ2v) is 2.61. The predicted molar refractivity (Wildman–Crippen MR) is 49.2 cm³/mol. The lowest BCUT2D eigenvalue weighted by atomic mass is 10.2. The van der Waals surface area contributed by atoms with Gasteiger partial charge in [0.25, 0.3) is 6.43 Å². The Morgan fingerprint density at radius 2 is 1.81 bits per heavy atom. The van der Waals surface area contributed by atoms with Gasteiger partial charge in [0, 0.05) is 6.20 Å². The minimum atomic E-state index is -4.74. The number of aromatic nitrogens is 2. The summed E-state index contributed by atoms with van der Waals surface area (Å²) >= 11 is 0. The van der Waals surface area contributed by atoms with Crippen LogP contribution < -0.4 is 0 Å². The standard InChI is InChI=1S/C7H7F5N2.C2H6/c1-2-4-3-14(7(10,11)12)13-5(4)6(8)9;1-2/h3,6H,2H2,1H3;1-2H3. The molecule has 1 rings (SSSR count). The fraction of sp³-hybridized carbons (Fsp3) is 0.667. The highest BCUT2D eigenvalue weighted by atomic mass is 19.4. The zero-order chi connectivity index (χ0) is 12.9. The first kappa shape index (κ1) is 14.9. The molecule has 0 amide bonds. The number of nitrogens with zero attached hydrogens (tertiary/aromatic N) is 2. The van der Waals surface area contributed by atoms with Crippen LogP contribution in [0.2, 0.25) is 0 Å². The Bertz CT molecular complexity index is 316. The number of hydrogen-bond acceptors (Lipinski definition) is 1. The first-order valence-corrected chi connectivity index (χ1v) is 4.80. The molecule has 0 aliphatic heterocycles. The Kier molecular flexibility index (Phi) is 5.40. The number of halogens is 5. The summed E-state index contributed by atoms with van der Waals surface area (Å²) < 4.78 is 60.1. The summed E-state index contributed by atoms with van der Waals surface area (Å²) in [5.74, 6) is 0. The maximum absolute atomic E-state index is 12.2. The molecule has 94 valence electrons. The highest BCUT2D eigenvalue weighted by Gasteiger charge is 2.33. The molecule has 1 aromatic heterocycles. The van der Waals surface area contributed by atoms with Crippen molar-refractivity contribution in [1.29, 1.82) is 0 Å². The van der Waals surface area contributed by atoms with Gasteiger partial charge in [-0.1, -0.05) is 20.8 Å². The number of alkyl halides is 5. The first-order chi connectivity index (χ1) is 7.36. The molecule has 0 saturated heterocycles. The molecule has 0 fully saturated rings. The molecular weight excluding hydrogens is 231 g/mol. The molecule has 0 atom stereocenters. The first-order valence-electron chi connectivity index (χ1n) is 4.80. The monoisotopic (exact) mass is 244 g/mol. The summed E-state index contributed by atoms with van der Waals surface area (Å²) in [6.45, 7) is 5.49. The van der Waals surface area contributed by atoms with Crippen molar-refractivity contribution in [3.8, 4) is 0 Å². The molecule has 1 aromatic rings. The molecule has 7 heteroatoms. The van der Waals surface area contributed by atoms with E-state index in [1.807, 2.05) is 13.8 Å². The summed E-state index contributed by atoms with van der Waals surface area (Å²) in [6, 6.07) is 0. The van der Waals surface area contributed by atoms with Crippen LogP contribution in [0.5, 0.6) is 0 Å². The number of hydrogen-bond donors (Lipinski definition) is 0. The van der Waals surface area contributed by atoms with Gasteiger partial charge in [0.1, 0.15) is 5.69 Å². The van der Waals surface area contributed by atoms with Crippen molar-refractivity contribution < 1.29 is 22.0 Å². The van der Waals surface area contributed by atoms with Crippen molar-refractivity contribution in [1.82, 2.24) is 9.78 Å². The summed E-state index contributed by atoms with van der Waals surface area (Å²) in [4.78, 5) is 0. The maximum atomic E-state index is 12.2. The van der Waals surface area contributed by atoms with E-state index < -0.39 is 23.1 Å². The maximum Gasteiger partial charge on any atom is 0.504 e. The minimum absolute atomic E-state index is 0.0858. The van der Waals surface area contributed by atoms with Crippen LogP contribution in [0.15, 0.2) is 6.20 Å². The molecule has 0 saturated carbocycles. The van der Waals surface area contributed by atoms with Gasteiger partial charge in [-0.05, 0) is 12.0 Å². The van der Waals surface area contributed by atoms with Crippen LogP contribution in [0.3, 0.4) is 0 Å². The third kappa shape index (κ3) is 3.46. The van der Waals surface area contributed by atoms with Gasteiger partial charge in [-0.2, -0.15) is 9.78 Å². The van der Waals surface area contributed by atoms with Gasteiger partial charge in [-0.15, -0.1) is 13.2 Å². The highest BCUT2D eigenvalue weighted by Crippen LogP contribution is 2.27. The predicted octanol–water partition coefficient (Wildman–Crippen LogP) is 3.89. The Morgan fingerprint density at radius 1 is 1.31 bits per heavy atom. The molecule has 0 radical (unpaired) electrons. The van der Waals surface area contributed by atoms with E-state index in [1.54, 1.807) is 0 Å². The normalized spacial score (nSPS) is 11.3. The topological polar surface area (TPSA) is 17.8 Å². The van der Waals surface area contributed by atoms with Crippen molar-refractivity contribution in [3.63, 3.8) is 0 Å².